The van der Waals surface area contributed by atoms with Crippen LogP contribution in [0.3, 0.4) is 0 Å². The average Bonchev–Trinajstić information content (AvgIpc) is 2.74. The van der Waals surface area contributed by atoms with Crippen LogP contribution in [0.4, 0.5) is 0 Å². The molecule has 2 aromatic rings. The molecule has 0 aliphatic heterocycles. The number of hydroxylamine groups is 1. The quantitative estimate of drug-likeness (QED) is 0.241. The lowest BCUT2D eigenvalue weighted by atomic mass is 9.99. The standard InChI is InChI=1S/C23H25N3O5/c1-13-8-15(3)19(10-17(13)12-24)23(28)31-7-6-25-21(26-29)18-11-20(22(27)30-5)16(4)9-14(18)2/h8-11,29H,6-7H2,1-5H3,(H,25,26). The third-order valence-electron chi connectivity index (χ3n) is 4.84. The minimum Gasteiger partial charge on any atom is -0.465 e. The maximum absolute atomic E-state index is 12.4. The highest BCUT2D eigenvalue weighted by Gasteiger charge is 2.16. The second kappa shape index (κ2) is 10.4. The van der Waals surface area contributed by atoms with E-state index in [9.17, 15) is 14.8 Å². The van der Waals surface area contributed by atoms with Gasteiger partial charge in [0.05, 0.1) is 36.4 Å². The normalized spacial score (nSPS) is 10.9. The van der Waals surface area contributed by atoms with Crippen molar-refractivity contribution in [1.29, 1.82) is 5.26 Å². The first-order chi connectivity index (χ1) is 14.7. The van der Waals surface area contributed by atoms with Crippen LogP contribution < -0.4 is 5.48 Å². The van der Waals surface area contributed by atoms with Crippen LogP contribution in [0.2, 0.25) is 0 Å². The van der Waals surface area contributed by atoms with Gasteiger partial charge in [-0.3, -0.25) is 15.7 Å². The zero-order valence-electron chi connectivity index (χ0n) is 18.2. The molecule has 2 rings (SSSR count). The van der Waals surface area contributed by atoms with E-state index in [1.807, 2.05) is 12.4 Å². The van der Waals surface area contributed by atoms with E-state index in [4.69, 9.17) is 14.7 Å². The van der Waals surface area contributed by atoms with Crippen molar-refractivity contribution in [2.45, 2.75) is 27.7 Å². The fourth-order valence-electron chi connectivity index (χ4n) is 3.18. The highest BCUT2D eigenvalue weighted by molar-refractivity contribution is 6.02. The van der Waals surface area contributed by atoms with E-state index in [2.05, 4.69) is 11.1 Å². The Labute approximate surface area is 181 Å². The Hall–Kier alpha value is -3.70. The van der Waals surface area contributed by atoms with Crippen molar-refractivity contribution in [3.8, 4) is 6.07 Å². The third kappa shape index (κ3) is 5.47. The molecule has 0 bridgehead atoms. The molecule has 0 aliphatic carbocycles. The first-order valence-electron chi connectivity index (χ1n) is 9.56. The smallest absolute Gasteiger partial charge is 0.338 e. The van der Waals surface area contributed by atoms with Crippen molar-refractivity contribution in [2.24, 2.45) is 4.99 Å². The van der Waals surface area contributed by atoms with Crippen molar-refractivity contribution in [3.63, 3.8) is 0 Å². The summed E-state index contributed by atoms with van der Waals surface area (Å²) >= 11 is 0. The number of carbonyl (C=O) groups excluding carboxylic acids is 2. The fourth-order valence-corrected chi connectivity index (χ4v) is 3.18. The second-order valence-corrected chi connectivity index (χ2v) is 7.05. The number of ether oxygens (including phenoxy) is 2. The maximum Gasteiger partial charge on any atom is 0.338 e. The number of amidine groups is 1. The zero-order valence-corrected chi connectivity index (χ0v) is 18.2. The molecule has 0 aromatic heterocycles. The Morgan fingerprint density at radius 2 is 1.55 bits per heavy atom. The van der Waals surface area contributed by atoms with Crippen LogP contribution in [0.15, 0.2) is 29.3 Å². The van der Waals surface area contributed by atoms with Crippen molar-refractivity contribution >= 4 is 17.8 Å². The van der Waals surface area contributed by atoms with Crippen molar-refractivity contribution < 1.29 is 24.3 Å². The Bertz CT molecular complexity index is 1080. The number of methoxy groups -OCH3 is 1. The van der Waals surface area contributed by atoms with E-state index in [0.29, 0.717) is 27.8 Å². The molecule has 0 spiro atoms. The lowest BCUT2D eigenvalue weighted by molar-refractivity contribution is 0.0515. The Morgan fingerprint density at radius 1 is 0.968 bits per heavy atom. The molecule has 0 heterocycles. The molecule has 0 aliphatic rings. The number of hydrogen-bond donors (Lipinski definition) is 2. The molecule has 8 heteroatoms. The molecular weight excluding hydrogens is 398 g/mol. The topological polar surface area (TPSA) is 121 Å². The second-order valence-electron chi connectivity index (χ2n) is 7.05. The van der Waals surface area contributed by atoms with Gasteiger partial charge in [-0.1, -0.05) is 12.1 Å². The van der Waals surface area contributed by atoms with Crippen molar-refractivity contribution in [1.82, 2.24) is 5.48 Å². The average molecular weight is 423 g/mol. The number of rotatable bonds is 6. The summed E-state index contributed by atoms with van der Waals surface area (Å²) in [7, 11) is 1.30. The van der Waals surface area contributed by atoms with Crippen LogP contribution >= 0.6 is 0 Å². The maximum atomic E-state index is 12.4. The molecule has 0 unspecified atom stereocenters. The number of aliphatic imine (C=N–C) groups is 1. The van der Waals surface area contributed by atoms with E-state index < -0.39 is 11.9 Å². The SMILES string of the molecule is COC(=O)c1cc(C(=NCCOC(=O)c2cc(C#N)c(C)cc2C)NO)c(C)cc1C. The summed E-state index contributed by atoms with van der Waals surface area (Å²) in [5.41, 5.74) is 6.70. The number of esters is 2. The number of nitrogens with zero attached hydrogens (tertiary/aromatic N) is 2. The predicted molar refractivity (Wildman–Crippen MR) is 114 cm³/mol. The van der Waals surface area contributed by atoms with Gasteiger partial charge in [-0.15, -0.1) is 0 Å². The van der Waals surface area contributed by atoms with Gasteiger partial charge in [-0.2, -0.15) is 5.26 Å². The largest absolute Gasteiger partial charge is 0.465 e. The lowest BCUT2D eigenvalue weighted by Gasteiger charge is -2.13. The third-order valence-corrected chi connectivity index (χ3v) is 4.84. The van der Waals surface area contributed by atoms with Gasteiger partial charge in [-0.05, 0) is 62.1 Å². The predicted octanol–water partition coefficient (Wildman–Crippen LogP) is 3.16. The number of aryl methyl sites for hydroxylation is 4. The molecule has 0 amide bonds. The summed E-state index contributed by atoms with van der Waals surface area (Å²) in [6.07, 6.45) is 0. The highest BCUT2D eigenvalue weighted by Crippen LogP contribution is 2.18. The molecule has 2 N–H and O–H groups in total. The van der Waals surface area contributed by atoms with Crippen LogP contribution in [-0.2, 0) is 9.47 Å². The van der Waals surface area contributed by atoms with Crippen LogP contribution in [0.1, 0.15) is 54.1 Å². The van der Waals surface area contributed by atoms with Gasteiger partial charge in [0.15, 0.2) is 5.84 Å². The summed E-state index contributed by atoms with van der Waals surface area (Å²) in [5, 5.41) is 18.7. The Kier molecular flexibility index (Phi) is 7.88. The van der Waals surface area contributed by atoms with E-state index >= 15 is 0 Å². The molecular formula is C23H25N3O5. The monoisotopic (exact) mass is 423 g/mol. The Balaban J connectivity index is 2.14. The van der Waals surface area contributed by atoms with Crippen molar-refractivity contribution in [2.75, 3.05) is 20.3 Å². The van der Waals surface area contributed by atoms with Crippen LogP contribution in [-0.4, -0.2) is 43.2 Å². The van der Waals surface area contributed by atoms with Gasteiger partial charge in [-0.25, -0.2) is 9.59 Å². The van der Waals surface area contributed by atoms with Gasteiger partial charge in [0.1, 0.15) is 6.61 Å². The molecule has 8 nitrogen and oxygen atoms in total. The highest BCUT2D eigenvalue weighted by atomic mass is 16.5. The number of nitrogens with one attached hydrogen (secondary N) is 1. The molecule has 0 atom stereocenters. The summed E-state index contributed by atoms with van der Waals surface area (Å²) in [6, 6.07) is 8.71. The molecule has 0 radical (unpaired) electrons. The first kappa shape index (κ1) is 23.6. The number of hydrogen-bond acceptors (Lipinski definition) is 7. The summed E-state index contributed by atoms with van der Waals surface area (Å²) in [4.78, 5) is 28.6. The minimum absolute atomic E-state index is 0.0337. The molecule has 31 heavy (non-hydrogen) atoms. The first-order valence-corrected chi connectivity index (χ1v) is 9.56. The van der Waals surface area contributed by atoms with Crippen LogP contribution in [0.25, 0.3) is 0 Å². The molecule has 0 saturated carbocycles. The van der Waals surface area contributed by atoms with Gasteiger partial charge >= 0.3 is 11.9 Å². The molecule has 0 saturated heterocycles. The molecule has 162 valence electrons. The van der Waals surface area contributed by atoms with E-state index in [1.165, 1.54) is 13.2 Å². The zero-order chi connectivity index (χ0) is 23.1. The summed E-state index contributed by atoms with van der Waals surface area (Å²) < 4.78 is 10.1. The van der Waals surface area contributed by atoms with Gasteiger partial charge in [0.2, 0.25) is 0 Å². The number of benzene rings is 2. The van der Waals surface area contributed by atoms with E-state index in [0.717, 1.165) is 16.7 Å². The van der Waals surface area contributed by atoms with Gasteiger partial charge < -0.3 is 9.47 Å². The fraction of sp³-hybridized carbons (Fsp3) is 0.304. The van der Waals surface area contributed by atoms with E-state index in [1.54, 1.807) is 39.0 Å². The van der Waals surface area contributed by atoms with Crippen LogP contribution in [0, 0.1) is 39.0 Å². The summed E-state index contributed by atoms with van der Waals surface area (Å²) in [6.45, 7) is 7.23. The number of nitriles is 1. The lowest BCUT2D eigenvalue weighted by Crippen LogP contribution is -2.23. The summed E-state index contributed by atoms with van der Waals surface area (Å²) in [5.74, 6) is -0.908. The number of carbonyl (C=O) groups is 2. The Morgan fingerprint density at radius 3 is 2.13 bits per heavy atom. The van der Waals surface area contributed by atoms with Crippen molar-refractivity contribution in [3.05, 3.63) is 68.8 Å². The molecule has 0 fully saturated rings. The van der Waals surface area contributed by atoms with Gasteiger partial charge in [0.25, 0.3) is 0 Å². The minimum atomic E-state index is -0.554. The van der Waals surface area contributed by atoms with Crippen LogP contribution in [0.5, 0.6) is 0 Å². The van der Waals surface area contributed by atoms with Gasteiger partial charge in [0, 0.05) is 5.56 Å². The molecule has 2 aromatic carbocycles. The van der Waals surface area contributed by atoms with E-state index in [-0.39, 0.29) is 19.0 Å².